The van der Waals surface area contributed by atoms with Crippen LogP contribution in [-0.2, 0) is 22.2 Å². The normalized spacial score (nSPS) is 15.8. The Morgan fingerprint density at radius 1 is 1.25 bits per heavy atom. The summed E-state index contributed by atoms with van der Waals surface area (Å²) in [6.07, 6.45) is 1.46. The maximum Gasteiger partial charge on any atom is 0.341 e. The highest BCUT2D eigenvalue weighted by Gasteiger charge is 2.48. The molecule has 0 fully saturated rings. The van der Waals surface area contributed by atoms with E-state index in [9.17, 15) is 19.8 Å². The second kappa shape index (κ2) is 4.64. The largest absolute Gasteiger partial charge is 0.481 e. The molecule has 0 saturated carbocycles. The molecule has 0 radical (unpaired) electrons. The number of carboxylic acid groups (broad SMARTS) is 2. The highest BCUT2D eigenvalue weighted by molar-refractivity contribution is 5.94. The first-order valence-corrected chi connectivity index (χ1v) is 6.03. The fourth-order valence-electron chi connectivity index (χ4n) is 2.36. The van der Waals surface area contributed by atoms with Crippen molar-refractivity contribution in [1.29, 1.82) is 0 Å². The lowest BCUT2D eigenvalue weighted by molar-refractivity contribution is -0.174. The van der Waals surface area contributed by atoms with Gasteiger partial charge in [0.15, 0.2) is 0 Å². The Bertz CT molecular complexity index is 690. The first kappa shape index (κ1) is 14.1. The predicted molar refractivity (Wildman–Crippen MR) is 71.3 cm³/mol. The van der Waals surface area contributed by atoms with E-state index < -0.39 is 23.5 Å². The number of aliphatic hydroxyl groups is 1. The molecule has 0 amide bonds. The van der Waals surface area contributed by atoms with Gasteiger partial charge in [-0.25, -0.2) is 4.79 Å². The molecule has 0 aliphatic carbocycles. The van der Waals surface area contributed by atoms with E-state index in [4.69, 9.17) is 5.11 Å². The summed E-state index contributed by atoms with van der Waals surface area (Å²) in [7, 11) is 1.71. The zero-order valence-corrected chi connectivity index (χ0v) is 11.1. The summed E-state index contributed by atoms with van der Waals surface area (Å²) >= 11 is 0. The molecule has 6 nitrogen and oxygen atoms in total. The molecule has 1 aromatic carbocycles. The van der Waals surface area contributed by atoms with Crippen LogP contribution in [0.4, 0.5) is 0 Å². The molecule has 106 valence electrons. The molecule has 6 heteroatoms. The summed E-state index contributed by atoms with van der Waals surface area (Å²) in [6, 6.07) is 6.92. The molecule has 0 bridgehead atoms. The molecule has 1 aromatic heterocycles. The van der Waals surface area contributed by atoms with Crippen LogP contribution in [-0.4, -0.2) is 31.8 Å². The van der Waals surface area contributed by atoms with E-state index in [0.717, 1.165) is 5.52 Å². The lowest BCUT2D eigenvalue weighted by atomic mass is 9.82. The third-order valence-electron chi connectivity index (χ3n) is 3.63. The second-order valence-electron chi connectivity index (χ2n) is 4.80. The van der Waals surface area contributed by atoms with Crippen LogP contribution in [0.5, 0.6) is 0 Å². The number of aryl methyl sites for hydroxylation is 1. The number of aliphatic carboxylic acids is 2. The Labute approximate surface area is 114 Å². The number of benzene rings is 1. The summed E-state index contributed by atoms with van der Waals surface area (Å²) in [5.74, 6) is -4.43. The van der Waals surface area contributed by atoms with E-state index in [1.807, 2.05) is 0 Å². The van der Waals surface area contributed by atoms with Crippen molar-refractivity contribution in [2.24, 2.45) is 13.0 Å². The van der Waals surface area contributed by atoms with E-state index >= 15 is 0 Å². The number of fused-ring (bicyclic) bond motifs is 1. The van der Waals surface area contributed by atoms with Crippen molar-refractivity contribution < 1.29 is 24.9 Å². The van der Waals surface area contributed by atoms with Gasteiger partial charge in [-0.1, -0.05) is 18.2 Å². The van der Waals surface area contributed by atoms with Crippen LogP contribution in [0.25, 0.3) is 10.9 Å². The standard InChI is InChI=1S/C14H15NO5/c1-8(12(16)17)14(20,13(18)19)10-7-15(2)11-6-4-3-5-9(10)11/h3-8,20H,1-2H3,(H,16,17)(H,18,19)/t8-,14?/m1/s1. The maximum absolute atomic E-state index is 11.5. The molecule has 20 heavy (non-hydrogen) atoms. The Morgan fingerprint density at radius 3 is 2.40 bits per heavy atom. The SMILES string of the molecule is C[C@H](C(=O)O)C(O)(C(=O)O)c1cn(C)c2ccccc12. The number of carbonyl (C=O) groups is 2. The Kier molecular flexibility index (Phi) is 3.27. The van der Waals surface area contributed by atoms with Crippen LogP contribution in [0.3, 0.4) is 0 Å². The van der Waals surface area contributed by atoms with Gasteiger partial charge in [-0.3, -0.25) is 4.79 Å². The van der Waals surface area contributed by atoms with Crippen LogP contribution in [0, 0.1) is 5.92 Å². The first-order chi connectivity index (χ1) is 9.30. The summed E-state index contributed by atoms with van der Waals surface area (Å²) in [6.45, 7) is 1.18. The first-order valence-electron chi connectivity index (χ1n) is 6.03. The molecule has 2 rings (SSSR count). The van der Waals surface area contributed by atoms with Crippen LogP contribution >= 0.6 is 0 Å². The van der Waals surface area contributed by atoms with Crippen LogP contribution < -0.4 is 0 Å². The molecular weight excluding hydrogens is 262 g/mol. The number of hydrogen-bond donors (Lipinski definition) is 3. The maximum atomic E-state index is 11.5. The van der Waals surface area contributed by atoms with Crippen molar-refractivity contribution in [1.82, 2.24) is 4.57 Å². The van der Waals surface area contributed by atoms with Gasteiger partial charge in [0.1, 0.15) is 0 Å². The fourth-order valence-corrected chi connectivity index (χ4v) is 2.36. The Balaban J connectivity index is 2.77. The highest BCUT2D eigenvalue weighted by atomic mass is 16.4. The number of nitrogens with zero attached hydrogens (tertiary/aromatic N) is 1. The van der Waals surface area contributed by atoms with Crippen LogP contribution in [0.1, 0.15) is 12.5 Å². The summed E-state index contributed by atoms with van der Waals surface area (Å²) in [4.78, 5) is 22.6. The smallest absolute Gasteiger partial charge is 0.341 e. The number of aromatic nitrogens is 1. The van der Waals surface area contributed by atoms with Crippen LogP contribution in [0.15, 0.2) is 30.5 Å². The monoisotopic (exact) mass is 277 g/mol. The number of rotatable bonds is 4. The van der Waals surface area contributed by atoms with Crippen molar-refractivity contribution >= 4 is 22.8 Å². The predicted octanol–water partition coefficient (Wildman–Crippen LogP) is 1.17. The molecule has 0 aliphatic heterocycles. The average Bonchev–Trinajstić information content (AvgIpc) is 2.75. The van der Waals surface area contributed by atoms with Gasteiger partial charge < -0.3 is 19.9 Å². The third kappa shape index (κ3) is 1.85. The lowest BCUT2D eigenvalue weighted by Gasteiger charge is -2.27. The zero-order chi connectivity index (χ0) is 15.1. The van der Waals surface area contributed by atoms with E-state index in [-0.39, 0.29) is 5.56 Å². The summed E-state index contributed by atoms with van der Waals surface area (Å²) in [5, 5.41) is 29.5. The lowest BCUT2D eigenvalue weighted by Crippen LogP contribution is -2.45. The third-order valence-corrected chi connectivity index (χ3v) is 3.63. The highest BCUT2D eigenvalue weighted by Crippen LogP contribution is 2.36. The minimum atomic E-state index is -2.48. The van der Waals surface area contributed by atoms with Crippen molar-refractivity contribution in [3.8, 4) is 0 Å². The van der Waals surface area contributed by atoms with Crippen molar-refractivity contribution in [3.63, 3.8) is 0 Å². The van der Waals surface area contributed by atoms with Crippen molar-refractivity contribution in [3.05, 3.63) is 36.0 Å². The number of para-hydroxylation sites is 1. The molecule has 0 saturated heterocycles. The number of carboxylic acids is 2. The van der Waals surface area contributed by atoms with Gasteiger partial charge in [0.2, 0.25) is 5.60 Å². The zero-order valence-electron chi connectivity index (χ0n) is 11.1. The van der Waals surface area contributed by atoms with Gasteiger partial charge in [-0.2, -0.15) is 0 Å². The van der Waals surface area contributed by atoms with E-state index in [1.54, 1.807) is 35.9 Å². The molecule has 2 atom stereocenters. The molecular formula is C14H15NO5. The van der Waals surface area contributed by atoms with E-state index in [1.165, 1.54) is 13.1 Å². The van der Waals surface area contributed by atoms with E-state index in [2.05, 4.69) is 0 Å². The average molecular weight is 277 g/mol. The molecule has 1 unspecified atom stereocenters. The molecule has 0 spiro atoms. The Hall–Kier alpha value is -2.34. The van der Waals surface area contributed by atoms with Gasteiger partial charge in [-0.15, -0.1) is 0 Å². The minimum absolute atomic E-state index is 0.0815. The molecule has 0 aliphatic rings. The minimum Gasteiger partial charge on any atom is -0.481 e. The van der Waals surface area contributed by atoms with Crippen molar-refractivity contribution in [2.75, 3.05) is 0 Å². The Morgan fingerprint density at radius 2 is 1.85 bits per heavy atom. The summed E-state index contributed by atoms with van der Waals surface area (Å²) in [5.41, 5.74) is -1.68. The quantitative estimate of drug-likeness (QED) is 0.779. The molecule has 3 N–H and O–H groups in total. The summed E-state index contributed by atoms with van der Waals surface area (Å²) < 4.78 is 1.66. The molecule has 2 aromatic rings. The van der Waals surface area contributed by atoms with Gasteiger partial charge in [0, 0.05) is 29.7 Å². The van der Waals surface area contributed by atoms with Crippen molar-refractivity contribution in [2.45, 2.75) is 12.5 Å². The fraction of sp³-hybridized carbons (Fsp3) is 0.286. The second-order valence-corrected chi connectivity index (χ2v) is 4.80. The molecule has 1 heterocycles. The van der Waals surface area contributed by atoms with Gasteiger partial charge in [0.25, 0.3) is 0 Å². The van der Waals surface area contributed by atoms with Gasteiger partial charge >= 0.3 is 11.9 Å². The van der Waals surface area contributed by atoms with Crippen LogP contribution in [0.2, 0.25) is 0 Å². The van der Waals surface area contributed by atoms with Gasteiger partial charge in [0.05, 0.1) is 5.92 Å². The topological polar surface area (TPSA) is 99.8 Å². The number of hydrogen-bond acceptors (Lipinski definition) is 3. The van der Waals surface area contributed by atoms with E-state index in [0.29, 0.717) is 5.39 Å². The van der Waals surface area contributed by atoms with Gasteiger partial charge in [-0.05, 0) is 13.0 Å².